The Bertz CT molecular complexity index is 515. The lowest BCUT2D eigenvalue weighted by Gasteiger charge is -1.99. The van der Waals surface area contributed by atoms with Crippen molar-refractivity contribution in [2.45, 2.75) is 24.6 Å². The molecule has 2 aromatic heterocycles. The first-order chi connectivity index (χ1) is 7.28. The van der Waals surface area contributed by atoms with Crippen molar-refractivity contribution in [3.8, 4) is 0 Å². The van der Waals surface area contributed by atoms with Crippen molar-refractivity contribution in [2.24, 2.45) is 0 Å². The first kappa shape index (κ1) is 9.49. The number of nitrogens with one attached hydrogen (secondary N) is 1. The van der Waals surface area contributed by atoms with E-state index in [2.05, 4.69) is 16.0 Å². The molecule has 2 nitrogen and oxygen atoms in total. The molecule has 0 spiro atoms. The maximum atomic E-state index is 6.13. The molecule has 0 saturated heterocycles. The maximum Gasteiger partial charge on any atom is 0.138 e. The van der Waals surface area contributed by atoms with Crippen LogP contribution >= 0.6 is 23.2 Å². The fourth-order valence-electron chi connectivity index (χ4n) is 1.83. The quantitative estimate of drug-likeness (QED) is 0.628. The Balaban J connectivity index is 2.20. The van der Waals surface area contributed by atoms with E-state index in [1.165, 1.54) is 12.8 Å². The summed E-state index contributed by atoms with van der Waals surface area (Å²) in [5.41, 5.74) is 3.14. The molecular formula is C11H10Cl2N2. The third-order valence-corrected chi connectivity index (χ3v) is 3.36. The number of alkyl halides is 1. The van der Waals surface area contributed by atoms with Crippen LogP contribution in [0.15, 0.2) is 12.1 Å². The lowest BCUT2D eigenvalue weighted by Crippen LogP contribution is -1.87. The number of hydrogen-bond donors (Lipinski definition) is 1. The van der Waals surface area contributed by atoms with Gasteiger partial charge in [0, 0.05) is 22.7 Å². The van der Waals surface area contributed by atoms with Crippen LogP contribution in [0.1, 0.15) is 30.1 Å². The number of nitrogens with zero attached hydrogens (tertiary/aromatic N) is 1. The molecule has 0 unspecified atom stereocenters. The third kappa shape index (κ3) is 1.62. The topological polar surface area (TPSA) is 28.7 Å². The van der Waals surface area contributed by atoms with Gasteiger partial charge in [-0.25, -0.2) is 4.98 Å². The first-order valence-corrected chi connectivity index (χ1v) is 5.93. The van der Waals surface area contributed by atoms with E-state index < -0.39 is 0 Å². The van der Waals surface area contributed by atoms with Gasteiger partial charge in [0.1, 0.15) is 5.15 Å². The molecule has 3 rings (SSSR count). The highest BCUT2D eigenvalue weighted by molar-refractivity contribution is 6.34. The molecule has 1 N–H and O–H groups in total. The molecule has 0 aromatic carbocycles. The van der Waals surface area contributed by atoms with E-state index in [1.807, 2.05) is 6.07 Å². The summed E-state index contributed by atoms with van der Waals surface area (Å²) in [6.07, 6.45) is 2.47. The Hall–Kier alpha value is -0.730. The van der Waals surface area contributed by atoms with Crippen LogP contribution in [0, 0.1) is 0 Å². The molecule has 1 aliphatic rings. The molecule has 1 aliphatic carbocycles. The van der Waals surface area contributed by atoms with Crippen LogP contribution in [0.3, 0.4) is 0 Å². The second-order valence-electron chi connectivity index (χ2n) is 4.00. The SMILES string of the molecule is ClCc1cc2c(Cl)nc(C3CC3)cc2[nH]1. The largest absolute Gasteiger partial charge is 0.357 e. The van der Waals surface area contributed by atoms with Crippen LogP contribution < -0.4 is 0 Å². The van der Waals surface area contributed by atoms with E-state index in [4.69, 9.17) is 23.2 Å². The average molecular weight is 241 g/mol. The van der Waals surface area contributed by atoms with E-state index in [0.717, 1.165) is 22.3 Å². The highest BCUT2D eigenvalue weighted by atomic mass is 35.5. The van der Waals surface area contributed by atoms with Gasteiger partial charge in [-0.2, -0.15) is 0 Å². The van der Waals surface area contributed by atoms with Crippen molar-refractivity contribution in [3.05, 3.63) is 28.7 Å². The lowest BCUT2D eigenvalue weighted by molar-refractivity contribution is 1.03. The minimum atomic E-state index is 0.476. The van der Waals surface area contributed by atoms with Gasteiger partial charge in [0.15, 0.2) is 0 Å². The second-order valence-corrected chi connectivity index (χ2v) is 4.63. The predicted octanol–water partition coefficient (Wildman–Crippen LogP) is 3.83. The van der Waals surface area contributed by atoms with Gasteiger partial charge < -0.3 is 4.98 Å². The summed E-state index contributed by atoms with van der Waals surface area (Å²) in [5.74, 6) is 1.10. The Labute approximate surface area is 97.6 Å². The summed E-state index contributed by atoms with van der Waals surface area (Å²) >= 11 is 11.9. The molecule has 0 aliphatic heterocycles. The van der Waals surface area contributed by atoms with E-state index in [9.17, 15) is 0 Å². The summed E-state index contributed by atoms with van der Waals surface area (Å²) in [5, 5.41) is 1.55. The molecule has 1 fully saturated rings. The minimum Gasteiger partial charge on any atom is -0.357 e. The first-order valence-electron chi connectivity index (χ1n) is 5.02. The molecule has 0 bridgehead atoms. The standard InChI is InChI=1S/C11H10Cl2N2/c12-5-7-3-8-10(14-7)4-9(6-1-2-6)15-11(8)13/h3-4,6,14H,1-2,5H2. The smallest absolute Gasteiger partial charge is 0.138 e. The zero-order valence-electron chi connectivity index (χ0n) is 8.06. The Morgan fingerprint density at radius 1 is 1.40 bits per heavy atom. The van der Waals surface area contributed by atoms with Crippen LogP contribution in [0.5, 0.6) is 0 Å². The zero-order valence-corrected chi connectivity index (χ0v) is 9.57. The van der Waals surface area contributed by atoms with Crippen LogP contribution in [-0.2, 0) is 5.88 Å². The number of pyridine rings is 1. The van der Waals surface area contributed by atoms with Gasteiger partial charge >= 0.3 is 0 Å². The summed E-state index contributed by atoms with van der Waals surface area (Å²) in [6, 6.07) is 4.06. The van der Waals surface area contributed by atoms with Crippen LogP contribution in [0.2, 0.25) is 5.15 Å². The van der Waals surface area contributed by atoms with Crippen molar-refractivity contribution in [2.75, 3.05) is 0 Å². The Morgan fingerprint density at radius 3 is 2.87 bits per heavy atom. The predicted molar refractivity (Wildman–Crippen MR) is 62.6 cm³/mol. The Morgan fingerprint density at radius 2 is 2.20 bits per heavy atom. The van der Waals surface area contributed by atoms with Crippen LogP contribution in [0.4, 0.5) is 0 Å². The monoisotopic (exact) mass is 240 g/mol. The average Bonchev–Trinajstić information content (AvgIpc) is 2.98. The zero-order chi connectivity index (χ0) is 10.4. The van der Waals surface area contributed by atoms with Crippen molar-refractivity contribution < 1.29 is 0 Å². The summed E-state index contributed by atoms with van der Waals surface area (Å²) in [6.45, 7) is 0. The number of hydrogen-bond acceptors (Lipinski definition) is 1. The highest BCUT2D eigenvalue weighted by Gasteiger charge is 2.26. The molecule has 0 amide bonds. The number of rotatable bonds is 2. The van der Waals surface area contributed by atoms with Crippen molar-refractivity contribution in [3.63, 3.8) is 0 Å². The van der Waals surface area contributed by atoms with Gasteiger partial charge in [0.05, 0.1) is 11.4 Å². The van der Waals surface area contributed by atoms with E-state index >= 15 is 0 Å². The third-order valence-electron chi connectivity index (χ3n) is 2.79. The molecule has 15 heavy (non-hydrogen) atoms. The number of aromatic amines is 1. The Kier molecular flexibility index (Phi) is 2.15. The van der Waals surface area contributed by atoms with Crippen LogP contribution in [-0.4, -0.2) is 9.97 Å². The molecule has 2 aromatic rings. The number of aromatic nitrogens is 2. The van der Waals surface area contributed by atoms with Gasteiger partial charge in [-0.15, -0.1) is 11.6 Å². The van der Waals surface area contributed by atoms with Gasteiger partial charge in [0.25, 0.3) is 0 Å². The molecule has 2 heterocycles. The van der Waals surface area contributed by atoms with E-state index in [-0.39, 0.29) is 0 Å². The normalized spacial score (nSPS) is 16.1. The number of fused-ring (bicyclic) bond motifs is 1. The van der Waals surface area contributed by atoms with Crippen molar-refractivity contribution >= 4 is 34.1 Å². The second kappa shape index (κ2) is 3.39. The fourth-order valence-corrected chi connectivity index (χ4v) is 2.22. The molecular weight excluding hydrogens is 231 g/mol. The van der Waals surface area contributed by atoms with Gasteiger partial charge in [-0.3, -0.25) is 0 Å². The van der Waals surface area contributed by atoms with Gasteiger partial charge in [-0.05, 0) is 25.0 Å². The summed E-state index contributed by atoms with van der Waals surface area (Å²) in [7, 11) is 0. The highest BCUT2D eigenvalue weighted by Crippen LogP contribution is 2.40. The maximum absolute atomic E-state index is 6.13. The molecule has 4 heteroatoms. The number of halogens is 2. The lowest BCUT2D eigenvalue weighted by atomic mass is 10.2. The summed E-state index contributed by atoms with van der Waals surface area (Å²) in [4.78, 5) is 7.67. The summed E-state index contributed by atoms with van der Waals surface area (Å²) < 4.78 is 0. The molecule has 0 radical (unpaired) electrons. The van der Waals surface area contributed by atoms with E-state index in [1.54, 1.807) is 0 Å². The minimum absolute atomic E-state index is 0.476. The van der Waals surface area contributed by atoms with Gasteiger partial charge in [-0.1, -0.05) is 11.6 Å². The van der Waals surface area contributed by atoms with Crippen molar-refractivity contribution in [1.82, 2.24) is 9.97 Å². The van der Waals surface area contributed by atoms with Gasteiger partial charge in [0.2, 0.25) is 0 Å². The molecule has 1 saturated carbocycles. The number of H-pyrrole nitrogens is 1. The van der Waals surface area contributed by atoms with Crippen molar-refractivity contribution in [1.29, 1.82) is 0 Å². The van der Waals surface area contributed by atoms with E-state index in [0.29, 0.717) is 17.0 Å². The fraction of sp³-hybridized carbons (Fsp3) is 0.364. The molecule has 78 valence electrons. The van der Waals surface area contributed by atoms with Crippen LogP contribution in [0.25, 0.3) is 10.9 Å². The molecule has 0 atom stereocenters.